The highest BCUT2D eigenvalue weighted by Crippen LogP contribution is 2.39. The Hall–Kier alpha value is -2.37. The zero-order valence-electron chi connectivity index (χ0n) is 13.7. The molecule has 0 spiro atoms. The maximum Gasteiger partial charge on any atom is 0.220 e. The molecule has 1 aliphatic heterocycles. The van der Waals surface area contributed by atoms with E-state index in [9.17, 15) is 4.79 Å². The summed E-state index contributed by atoms with van der Waals surface area (Å²) < 4.78 is 7.83. The van der Waals surface area contributed by atoms with Crippen LogP contribution in [-0.2, 0) is 18.3 Å². The summed E-state index contributed by atoms with van der Waals surface area (Å²) in [6.07, 6.45) is 3.37. The van der Waals surface area contributed by atoms with Gasteiger partial charge in [-0.05, 0) is 19.9 Å². The normalized spacial score (nSPS) is 18.8. The molecule has 0 bridgehead atoms. The summed E-state index contributed by atoms with van der Waals surface area (Å²) in [6, 6.07) is 7.86. The van der Waals surface area contributed by atoms with Crippen molar-refractivity contribution in [2.75, 3.05) is 0 Å². The lowest BCUT2D eigenvalue weighted by Gasteiger charge is -2.37. The quantitative estimate of drug-likeness (QED) is 0.939. The van der Waals surface area contributed by atoms with Crippen LogP contribution in [0.1, 0.15) is 44.1 Å². The summed E-state index contributed by atoms with van der Waals surface area (Å²) in [6.45, 7) is 4.09. The zero-order chi connectivity index (χ0) is 16.4. The molecule has 0 fully saturated rings. The summed E-state index contributed by atoms with van der Waals surface area (Å²) in [4.78, 5) is 12.3. The van der Waals surface area contributed by atoms with Crippen LogP contribution in [0.3, 0.4) is 0 Å². The molecule has 1 N–H and O–H groups in total. The van der Waals surface area contributed by atoms with Crippen LogP contribution < -0.4 is 10.1 Å². The van der Waals surface area contributed by atoms with Crippen LogP contribution >= 0.6 is 0 Å². The molecule has 3 rings (SSSR count). The van der Waals surface area contributed by atoms with Crippen molar-refractivity contribution in [3.8, 4) is 5.75 Å². The number of aromatic nitrogens is 3. The van der Waals surface area contributed by atoms with E-state index in [1.807, 2.05) is 49.7 Å². The van der Waals surface area contributed by atoms with Gasteiger partial charge in [-0.3, -0.25) is 4.79 Å². The van der Waals surface area contributed by atoms with Gasteiger partial charge in [0.25, 0.3) is 0 Å². The van der Waals surface area contributed by atoms with Gasteiger partial charge >= 0.3 is 0 Å². The predicted molar refractivity (Wildman–Crippen MR) is 86.0 cm³/mol. The van der Waals surface area contributed by atoms with E-state index in [0.29, 0.717) is 12.8 Å². The average Bonchev–Trinajstić information content (AvgIpc) is 2.89. The van der Waals surface area contributed by atoms with Crippen LogP contribution in [-0.4, -0.2) is 26.3 Å². The number of fused-ring (bicyclic) bond motifs is 1. The van der Waals surface area contributed by atoms with Gasteiger partial charge < -0.3 is 14.6 Å². The van der Waals surface area contributed by atoms with E-state index in [2.05, 4.69) is 15.5 Å². The number of carbonyl (C=O) groups excluding carboxylic acids is 1. The fraction of sp³-hybridized carbons (Fsp3) is 0.471. The number of benzene rings is 1. The van der Waals surface area contributed by atoms with Gasteiger partial charge in [0.05, 0.1) is 6.04 Å². The van der Waals surface area contributed by atoms with Crippen LogP contribution in [0.25, 0.3) is 0 Å². The maximum atomic E-state index is 12.3. The zero-order valence-corrected chi connectivity index (χ0v) is 13.7. The molecule has 0 saturated heterocycles. The lowest BCUT2D eigenvalue weighted by Crippen LogP contribution is -2.41. The van der Waals surface area contributed by atoms with Crippen LogP contribution in [0.4, 0.5) is 0 Å². The molecular weight excluding hydrogens is 292 g/mol. The highest BCUT2D eigenvalue weighted by atomic mass is 16.5. The average molecular weight is 314 g/mol. The standard InChI is InChI=1S/C17H22N4O2/c1-17(2)10-13(12-6-4-5-7-14(12)23-17)19-16(22)9-8-15-20-18-11-21(15)3/h4-7,11,13H,8-10H2,1-3H3,(H,19,22)/t13-/m0/s1. The number of ether oxygens (including phenoxy) is 1. The minimum atomic E-state index is -0.296. The Kier molecular flexibility index (Phi) is 4.07. The fourth-order valence-corrected chi connectivity index (χ4v) is 2.96. The van der Waals surface area contributed by atoms with Crippen molar-refractivity contribution in [2.24, 2.45) is 7.05 Å². The predicted octanol–water partition coefficient (Wildman–Crippen LogP) is 2.17. The molecule has 0 unspecified atom stereocenters. The van der Waals surface area contributed by atoms with Gasteiger partial charge in [-0.2, -0.15) is 0 Å². The molecule has 0 aliphatic carbocycles. The largest absolute Gasteiger partial charge is 0.487 e. The number of para-hydroxylation sites is 1. The van der Waals surface area contributed by atoms with E-state index in [-0.39, 0.29) is 17.6 Å². The molecule has 23 heavy (non-hydrogen) atoms. The number of carbonyl (C=O) groups is 1. The summed E-state index contributed by atoms with van der Waals surface area (Å²) >= 11 is 0. The minimum absolute atomic E-state index is 0.0190. The molecule has 0 radical (unpaired) electrons. The maximum absolute atomic E-state index is 12.3. The third-order valence-corrected chi connectivity index (χ3v) is 4.09. The van der Waals surface area contributed by atoms with Crippen LogP contribution in [0, 0.1) is 0 Å². The highest BCUT2D eigenvalue weighted by Gasteiger charge is 2.34. The van der Waals surface area contributed by atoms with Gasteiger partial charge in [0.1, 0.15) is 23.5 Å². The van der Waals surface area contributed by atoms with Gasteiger partial charge in [0, 0.05) is 31.9 Å². The Morgan fingerprint density at radius 1 is 1.43 bits per heavy atom. The first-order chi connectivity index (χ1) is 10.9. The number of hydrogen-bond donors (Lipinski definition) is 1. The second-order valence-corrected chi connectivity index (χ2v) is 6.58. The number of amides is 1. The van der Waals surface area contributed by atoms with Crippen LogP contribution in [0.15, 0.2) is 30.6 Å². The first kappa shape index (κ1) is 15.5. The second-order valence-electron chi connectivity index (χ2n) is 6.58. The van der Waals surface area contributed by atoms with Crippen molar-refractivity contribution in [1.29, 1.82) is 0 Å². The molecule has 1 atom stereocenters. The Morgan fingerprint density at radius 2 is 2.22 bits per heavy atom. The molecule has 6 heteroatoms. The summed E-state index contributed by atoms with van der Waals surface area (Å²) in [7, 11) is 1.88. The number of hydrogen-bond acceptors (Lipinski definition) is 4. The summed E-state index contributed by atoms with van der Waals surface area (Å²) in [5.74, 6) is 1.68. The molecule has 1 amide bonds. The molecule has 6 nitrogen and oxygen atoms in total. The Morgan fingerprint density at radius 3 is 2.96 bits per heavy atom. The molecule has 1 aromatic carbocycles. The third-order valence-electron chi connectivity index (χ3n) is 4.09. The van der Waals surface area contributed by atoms with Gasteiger partial charge in [-0.1, -0.05) is 18.2 Å². The Bertz CT molecular complexity index is 708. The Balaban J connectivity index is 1.67. The highest BCUT2D eigenvalue weighted by molar-refractivity contribution is 5.76. The first-order valence-corrected chi connectivity index (χ1v) is 7.85. The second kappa shape index (κ2) is 6.02. The van der Waals surface area contributed by atoms with E-state index in [1.54, 1.807) is 6.33 Å². The van der Waals surface area contributed by atoms with Crippen molar-refractivity contribution >= 4 is 5.91 Å². The molecular formula is C17H22N4O2. The summed E-state index contributed by atoms with van der Waals surface area (Å²) in [5, 5.41) is 11.0. The van der Waals surface area contributed by atoms with Crippen molar-refractivity contribution < 1.29 is 9.53 Å². The van der Waals surface area contributed by atoms with Crippen LogP contribution in [0.5, 0.6) is 5.75 Å². The van der Waals surface area contributed by atoms with Crippen LogP contribution in [0.2, 0.25) is 0 Å². The molecule has 2 aromatic rings. The number of nitrogens with zero attached hydrogens (tertiary/aromatic N) is 3. The van der Waals surface area contributed by atoms with E-state index in [1.165, 1.54) is 0 Å². The molecule has 1 aliphatic rings. The number of aryl methyl sites for hydroxylation is 2. The van der Waals surface area contributed by atoms with E-state index in [0.717, 1.165) is 23.6 Å². The van der Waals surface area contributed by atoms with Crippen molar-refractivity contribution in [2.45, 2.75) is 44.8 Å². The van der Waals surface area contributed by atoms with Gasteiger partial charge in [-0.25, -0.2) is 0 Å². The minimum Gasteiger partial charge on any atom is -0.487 e. The first-order valence-electron chi connectivity index (χ1n) is 7.85. The van der Waals surface area contributed by atoms with Crippen molar-refractivity contribution in [1.82, 2.24) is 20.1 Å². The molecule has 1 aromatic heterocycles. The van der Waals surface area contributed by atoms with Gasteiger partial charge in [0.15, 0.2) is 0 Å². The number of rotatable bonds is 4. The topological polar surface area (TPSA) is 69.0 Å². The third kappa shape index (κ3) is 3.52. The van der Waals surface area contributed by atoms with Crippen molar-refractivity contribution in [3.05, 3.63) is 42.0 Å². The van der Waals surface area contributed by atoms with E-state index < -0.39 is 0 Å². The lowest BCUT2D eigenvalue weighted by atomic mass is 9.89. The van der Waals surface area contributed by atoms with Crippen molar-refractivity contribution in [3.63, 3.8) is 0 Å². The monoisotopic (exact) mass is 314 g/mol. The molecule has 122 valence electrons. The smallest absolute Gasteiger partial charge is 0.220 e. The molecule has 0 saturated carbocycles. The fourth-order valence-electron chi connectivity index (χ4n) is 2.96. The molecule has 2 heterocycles. The number of nitrogens with one attached hydrogen (secondary N) is 1. The van der Waals surface area contributed by atoms with E-state index in [4.69, 9.17) is 4.74 Å². The summed E-state index contributed by atoms with van der Waals surface area (Å²) in [5.41, 5.74) is 0.745. The lowest BCUT2D eigenvalue weighted by molar-refractivity contribution is -0.122. The Labute approximate surface area is 135 Å². The van der Waals surface area contributed by atoms with E-state index >= 15 is 0 Å². The van der Waals surface area contributed by atoms with Gasteiger partial charge in [-0.15, -0.1) is 10.2 Å². The van der Waals surface area contributed by atoms with Gasteiger partial charge in [0.2, 0.25) is 5.91 Å². The SMILES string of the molecule is Cn1cnnc1CCC(=O)N[C@H]1CC(C)(C)Oc2ccccc21.